The van der Waals surface area contributed by atoms with Gasteiger partial charge in [-0.2, -0.15) is 0 Å². The molecule has 170 valence electrons. The van der Waals surface area contributed by atoms with Gasteiger partial charge in [0.25, 0.3) is 0 Å². The minimum atomic E-state index is -1.03. The van der Waals surface area contributed by atoms with Gasteiger partial charge in [0, 0.05) is 12.0 Å². The van der Waals surface area contributed by atoms with Crippen molar-refractivity contribution in [1.29, 1.82) is 0 Å². The zero-order valence-corrected chi connectivity index (χ0v) is 19.1. The summed E-state index contributed by atoms with van der Waals surface area (Å²) in [6.07, 6.45) is 5.91. The fraction of sp³-hybridized carbons (Fsp3) is 0.500. The highest BCUT2D eigenvalue weighted by atomic mass is 35.5. The molecule has 6 heteroatoms. The number of halogens is 1. The molecule has 0 radical (unpaired) electrons. The van der Waals surface area contributed by atoms with Crippen molar-refractivity contribution < 1.29 is 14.6 Å². The SMILES string of the molecule is O=C(CC1Cc2ccccc2C1)N(CN1CCCC1)[C@H](O)c1ccc(OC2CC2)c(Cl)c1. The van der Waals surface area contributed by atoms with Crippen LogP contribution in [0, 0.1) is 5.92 Å². The number of benzene rings is 2. The van der Waals surface area contributed by atoms with Crippen LogP contribution in [0.5, 0.6) is 5.75 Å². The van der Waals surface area contributed by atoms with Crippen LogP contribution < -0.4 is 4.74 Å². The highest BCUT2D eigenvalue weighted by Gasteiger charge is 2.31. The van der Waals surface area contributed by atoms with Crippen LogP contribution in [0.15, 0.2) is 42.5 Å². The highest BCUT2D eigenvalue weighted by molar-refractivity contribution is 6.32. The summed E-state index contributed by atoms with van der Waals surface area (Å²) in [7, 11) is 0. The van der Waals surface area contributed by atoms with E-state index >= 15 is 0 Å². The summed E-state index contributed by atoms with van der Waals surface area (Å²) in [5.41, 5.74) is 3.31. The molecule has 3 aliphatic rings. The molecule has 1 N–H and O–H groups in total. The van der Waals surface area contributed by atoms with E-state index in [2.05, 4.69) is 29.2 Å². The Morgan fingerprint density at radius 1 is 1.12 bits per heavy atom. The smallest absolute Gasteiger partial charge is 0.226 e. The monoisotopic (exact) mass is 454 g/mol. The lowest BCUT2D eigenvalue weighted by Crippen LogP contribution is -2.43. The molecule has 1 saturated carbocycles. The molecular formula is C26H31ClN2O3. The van der Waals surface area contributed by atoms with Crippen molar-refractivity contribution in [1.82, 2.24) is 9.80 Å². The lowest BCUT2D eigenvalue weighted by atomic mass is 10.0. The summed E-state index contributed by atoms with van der Waals surface area (Å²) in [5.74, 6) is 0.925. The Hall–Kier alpha value is -2.08. The normalized spacial score (nSPS) is 19.7. The molecule has 0 bridgehead atoms. The van der Waals surface area contributed by atoms with E-state index in [0.29, 0.717) is 29.4 Å². The van der Waals surface area contributed by atoms with Crippen LogP contribution >= 0.6 is 11.6 Å². The van der Waals surface area contributed by atoms with Gasteiger partial charge in [0.2, 0.25) is 5.91 Å². The lowest BCUT2D eigenvalue weighted by Gasteiger charge is -2.33. The number of fused-ring (bicyclic) bond motifs is 1. The highest BCUT2D eigenvalue weighted by Crippen LogP contribution is 2.35. The van der Waals surface area contributed by atoms with Crippen molar-refractivity contribution in [3.05, 3.63) is 64.2 Å². The predicted molar refractivity (Wildman–Crippen MR) is 125 cm³/mol. The maximum absolute atomic E-state index is 13.4. The number of aliphatic hydroxyl groups excluding tert-OH is 1. The summed E-state index contributed by atoms with van der Waals surface area (Å²) in [6, 6.07) is 13.8. The van der Waals surface area contributed by atoms with Gasteiger partial charge < -0.3 is 9.84 Å². The molecule has 1 saturated heterocycles. The van der Waals surface area contributed by atoms with Crippen LogP contribution in [0.1, 0.15) is 55.0 Å². The Morgan fingerprint density at radius 3 is 2.44 bits per heavy atom. The second kappa shape index (κ2) is 9.42. The summed E-state index contributed by atoms with van der Waals surface area (Å²) in [6.45, 7) is 2.36. The molecule has 1 aliphatic heterocycles. The number of carbonyl (C=O) groups excluding carboxylic acids is 1. The van der Waals surface area contributed by atoms with Crippen LogP contribution in [0.2, 0.25) is 5.02 Å². The standard InChI is InChI=1S/C26H31ClN2O3/c27-23-16-21(7-10-24(23)32-22-8-9-22)26(31)29(17-28-11-3-4-12-28)25(30)15-18-13-19-5-1-2-6-20(19)14-18/h1-2,5-7,10,16,18,22,26,31H,3-4,8-9,11-15,17H2/t26-/m1/s1. The molecule has 2 aliphatic carbocycles. The van der Waals surface area contributed by atoms with Gasteiger partial charge in [0.15, 0.2) is 6.23 Å². The van der Waals surface area contributed by atoms with Crippen molar-refractivity contribution in [2.45, 2.75) is 57.3 Å². The number of carbonyl (C=O) groups is 1. The van der Waals surface area contributed by atoms with Crippen molar-refractivity contribution in [3.8, 4) is 5.75 Å². The minimum absolute atomic E-state index is 0.00312. The average Bonchev–Trinajstić information content (AvgIpc) is 3.28. The molecule has 1 amide bonds. The van der Waals surface area contributed by atoms with Gasteiger partial charge in [-0.3, -0.25) is 14.6 Å². The van der Waals surface area contributed by atoms with Crippen molar-refractivity contribution in [3.63, 3.8) is 0 Å². The molecule has 0 spiro atoms. The largest absolute Gasteiger partial charge is 0.489 e. The third-order valence-corrected chi connectivity index (χ3v) is 7.13. The Bertz CT molecular complexity index is 946. The van der Waals surface area contributed by atoms with E-state index < -0.39 is 6.23 Å². The molecule has 5 rings (SSSR count). The molecule has 1 atom stereocenters. The summed E-state index contributed by atoms with van der Waals surface area (Å²) in [4.78, 5) is 17.3. The van der Waals surface area contributed by atoms with Gasteiger partial charge in [0.1, 0.15) is 5.75 Å². The van der Waals surface area contributed by atoms with Crippen LogP contribution in [0.3, 0.4) is 0 Å². The fourth-order valence-corrected chi connectivity index (χ4v) is 5.14. The van der Waals surface area contributed by atoms with Gasteiger partial charge in [-0.25, -0.2) is 0 Å². The molecule has 32 heavy (non-hydrogen) atoms. The van der Waals surface area contributed by atoms with Gasteiger partial charge in [0.05, 0.1) is 17.8 Å². The maximum atomic E-state index is 13.4. The van der Waals surface area contributed by atoms with Gasteiger partial charge in [-0.15, -0.1) is 0 Å². The second-order valence-corrected chi connectivity index (χ2v) is 9.87. The fourth-order valence-electron chi connectivity index (χ4n) is 4.91. The number of aliphatic hydroxyl groups is 1. The van der Waals surface area contributed by atoms with E-state index in [0.717, 1.165) is 51.6 Å². The first-order valence-electron chi connectivity index (χ1n) is 11.8. The number of hydrogen-bond acceptors (Lipinski definition) is 4. The van der Waals surface area contributed by atoms with E-state index in [1.165, 1.54) is 11.1 Å². The van der Waals surface area contributed by atoms with E-state index in [1.54, 1.807) is 11.0 Å². The van der Waals surface area contributed by atoms with E-state index in [1.807, 2.05) is 12.1 Å². The summed E-state index contributed by atoms with van der Waals surface area (Å²) < 4.78 is 5.82. The number of rotatable bonds is 8. The summed E-state index contributed by atoms with van der Waals surface area (Å²) in [5, 5.41) is 11.7. The number of amides is 1. The summed E-state index contributed by atoms with van der Waals surface area (Å²) >= 11 is 6.44. The topological polar surface area (TPSA) is 53.0 Å². The molecule has 5 nitrogen and oxygen atoms in total. The zero-order valence-electron chi connectivity index (χ0n) is 18.4. The van der Waals surface area contributed by atoms with Gasteiger partial charge in [-0.1, -0.05) is 41.9 Å². The van der Waals surface area contributed by atoms with Crippen molar-refractivity contribution in [2.75, 3.05) is 19.8 Å². The van der Waals surface area contributed by atoms with Gasteiger partial charge in [-0.05, 0) is 80.8 Å². The molecule has 1 heterocycles. The number of nitrogens with zero attached hydrogens (tertiary/aromatic N) is 2. The third-order valence-electron chi connectivity index (χ3n) is 6.84. The first-order valence-corrected chi connectivity index (χ1v) is 12.2. The van der Waals surface area contributed by atoms with E-state index in [-0.39, 0.29) is 17.9 Å². The Kier molecular flexibility index (Phi) is 6.40. The van der Waals surface area contributed by atoms with Crippen molar-refractivity contribution in [2.24, 2.45) is 5.92 Å². The van der Waals surface area contributed by atoms with Crippen molar-refractivity contribution >= 4 is 17.5 Å². The number of hydrogen-bond donors (Lipinski definition) is 1. The quantitative estimate of drug-likeness (QED) is 0.594. The first-order chi connectivity index (χ1) is 15.6. The van der Waals surface area contributed by atoms with Gasteiger partial charge >= 0.3 is 0 Å². The Labute approximate surface area is 194 Å². The minimum Gasteiger partial charge on any atom is -0.489 e. The third kappa shape index (κ3) is 4.95. The molecule has 0 aromatic heterocycles. The van der Waals surface area contributed by atoms with Crippen LogP contribution in [-0.4, -0.2) is 46.7 Å². The van der Waals surface area contributed by atoms with E-state index in [9.17, 15) is 9.90 Å². The van der Waals surface area contributed by atoms with Crippen LogP contribution in [0.25, 0.3) is 0 Å². The Morgan fingerprint density at radius 2 is 1.81 bits per heavy atom. The number of likely N-dealkylation sites (tertiary alicyclic amines) is 1. The molecular weight excluding hydrogens is 424 g/mol. The molecule has 0 unspecified atom stereocenters. The zero-order chi connectivity index (χ0) is 22.1. The van der Waals surface area contributed by atoms with Crippen LogP contribution in [-0.2, 0) is 17.6 Å². The Balaban J connectivity index is 1.30. The lowest BCUT2D eigenvalue weighted by molar-refractivity contribution is -0.146. The molecule has 2 aromatic rings. The average molecular weight is 455 g/mol. The predicted octanol–water partition coefficient (Wildman–Crippen LogP) is 4.56. The maximum Gasteiger partial charge on any atom is 0.226 e. The molecule has 2 aromatic carbocycles. The first kappa shape index (κ1) is 21.7. The molecule has 2 fully saturated rings. The van der Waals surface area contributed by atoms with E-state index in [4.69, 9.17) is 16.3 Å². The number of ether oxygens (including phenoxy) is 1. The second-order valence-electron chi connectivity index (χ2n) is 9.46. The van der Waals surface area contributed by atoms with Crippen LogP contribution in [0.4, 0.5) is 0 Å².